The Morgan fingerprint density at radius 2 is 1.00 bits per heavy atom. The summed E-state index contributed by atoms with van der Waals surface area (Å²) < 4.78 is 21.0. The lowest BCUT2D eigenvalue weighted by Gasteiger charge is -2.20. The Balaban J connectivity index is 3.71. The van der Waals surface area contributed by atoms with Crippen LogP contribution in [0.4, 0.5) is 0 Å². The molecule has 5 heteroatoms. The molecule has 0 aromatic carbocycles. The molecule has 0 bridgehead atoms. The monoisotopic (exact) mass is 292 g/mol. The molecule has 0 aliphatic rings. The molecule has 0 aromatic heterocycles. The predicted molar refractivity (Wildman–Crippen MR) is 81.3 cm³/mol. The zero-order valence-electron chi connectivity index (χ0n) is 13.5. The van der Waals surface area contributed by atoms with Gasteiger partial charge in [-0.3, -0.25) is 0 Å². The molecule has 116 valence electrons. The molecular formula is C14H32O4Si. The van der Waals surface area contributed by atoms with E-state index in [4.69, 9.17) is 18.9 Å². The molecule has 0 saturated carbocycles. The summed E-state index contributed by atoms with van der Waals surface area (Å²) in [5, 5.41) is 0. The van der Waals surface area contributed by atoms with Gasteiger partial charge in [-0.2, -0.15) is 0 Å². The smallest absolute Gasteiger partial charge is 0.157 e. The molecule has 0 aromatic rings. The largest absolute Gasteiger partial charge is 0.356 e. The maximum atomic E-state index is 5.24. The molecule has 19 heavy (non-hydrogen) atoms. The lowest BCUT2D eigenvalue weighted by molar-refractivity contribution is -0.112. The standard InChI is InChI=1S/C14H32O4Si/c1-11(7-13(15-3)16-4)9-19-10-12(2)8-14(17-5)18-6/h11-14H,7-10,19H2,1-6H3. The van der Waals surface area contributed by atoms with E-state index in [-0.39, 0.29) is 22.1 Å². The SMILES string of the molecule is COC(CC(C)C[SiH2]CC(C)CC(OC)OC)OC. The van der Waals surface area contributed by atoms with Crippen molar-refractivity contribution in [2.45, 2.75) is 51.4 Å². The van der Waals surface area contributed by atoms with E-state index < -0.39 is 0 Å². The second kappa shape index (κ2) is 11.8. The van der Waals surface area contributed by atoms with Crippen molar-refractivity contribution < 1.29 is 18.9 Å². The molecule has 0 amide bonds. The van der Waals surface area contributed by atoms with Crippen LogP contribution in [0.1, 0.15) is 26.7 Å². The third-order valence-electron chi connectivity index (χ3n) is 3.64. The number of hydrogen-bond acceptors (Lipinski definition) is 4. The van der Waals surface area contributed by atoms with Crippen molar-refractivity contribution in [1.29, 1.82) is 0 Å². The van der Waals surface area contributed by atoms with Crippen molar-refractivity contribution in [2.75, 3.05) is 28.4 Å². The molecule has 0 fully saturated rings. The molecule has 0 heterocycles. The first-order valence-electron chi connectivity index (χ1n) is 7.18. The zero-order valence-corrected chi connectivity index (χ0v) is 14.9. The summed E-state index contributed by atoms with van der Waals surface area (Å²) in [7, 11) is 6.80. The van der Waals surface area contributed by atoms with Gasteiger partial charge in [0.05, 0.1) is 0 Å². The van der Waals surface area contributed by atoms with E-state index >= 15 is 0 Å². The summed E-state index contributed by atoms with van der Waals surface area (Å²) in [6.07, 6.45) is 1.89. The first-order chi connectivity index (χ1) is 9.07. The maximum Gasteiger partial charge on any atom is 0.157 e. The van der Waals surface area contributed by atoms with Crippen LogP contribution in [0.25, 0.3) is 0 Å². The Morgan fingerprint density at radius 3 is 1.26 bits per heavy atom. The first kappa shape index (κ1) is 19.1. The zero-order chi connectivity index (χ0) is 14.7. The van der Waals surface area contributed by atoms with Gasteiger partial charge in [0.15, 0.2) is 12.6 Å². The minimum Gasteiger partial charge on any atom is -0.356 e. The summed E-state index contributed by atoms with van der Waals surface area (Å²) in [6.45, 7) is 4.58. The van der Waals surface area contributed by atoms with Crippen LogP contribution in [0, 0.1) is 11.8 Å². The Bertz CT molecular complexity index is 176. The van der Waals surface area contributed by atoms with Crippen LogP contribution < -0.4 is 0 Å². The molecule has 2 atom stereocenters. The van der Waals surface area contributed by atoms with Crippen LogP contribution in [0.5, 0.6) is 0 Å². The minimum absolute atomic E-state index is 0.0224. The van der Waals surface area contributed by atoms with Gasteiger partial charge >= 0.3 is 0 Å². The summed E-state index contributed by atoms with van der Waals surface area (Å²) in [6, 6.07) is 2.69. The van der Waals surface area contributed by atoms with Gasteiger partial charge < -0.3 is 18.9 Å². The second-order valence-electron chi connectivity index (χ2n) is 5.41. The summed E-state index contributed by atoms with van der Waals surface area (Å²) in [4.78, 5) is 0. The lowest BCUT2D eigenvalue weighted by atomic mass is 10.1. The van der Waals surface area contributed by atoms with E-state index in [1.165, 1.54) is 12.1 Å². The van der Waals surface area contributed by atoms with Gasteiger partial charge in [0.2, 0.25) is 0 Å². The molecular weight excluding hydrogens is 260 g/mol. The second-order valence-corrected chi connectivity index (χ2v) is 7.28. The van der Waals surface area contributed by atoms with Gasteiger partial charge in [0.25, 0.3) is 0 Å². The molecule has 0 saturated heterocycles. The normalized spacial score (nSPS) is 15.8. The molecule has 4 nitrogen and oxygen atoms in total. The van der Waals surface area contributed by atoms with Crippen molar-refractivity contribution in [3.8, 4) is 0 Å². The van der Waals surface area contributed by atoms with Gasteiger partial charge in [0, 0.05) is 50.8 Å². The van der Waals surface area contributed by atoms with Gasteiger partial charge in [-0.1, -0.05) is 25.9 Å². The van der Waals surface area contributed by atoms with Gasteiger partial charge in [-0.05, 0) is 11.8 Å². The fourth-order valence-electron chi connectivity index (χ4n) is 2.28. The minimum atomic E-state index is -0.0483. The summed E-state index contributed by atoms with van der Waals surface area (Å²) in [5.41, 5.74) is 0. The highest BCUT2D eigenvalue weighted by molar-refractivity contribution is 6.35. The van der Waals surface area contributed by atoms with Crippen molar-refractivity contribution in [2.24, 2.45) is 11.8 Å². The summed E-state index contributed by atoms with van der Waals surface area (Å²) >= 11 is 0. The predicted octanol–water partition coefficient (Wildman–Crippen LogP) is 2.28. The molecule has 0 aliphatic carbocycles. The Kier molecular flexibility index (Phi) is 11.9. The van der Waals surface area contributed by atoms with Crippen LogP contribution in [-0.2, 0) is 18.9 Å². The molecule has 0 radical (unpaired) electrons. The lowest BCUT2D eigenvalue weighted by Crippen LogP contribution is -2.19. The van der Waals surface area contributed by atoms with Crippen LogP contribution >= 0.6 is 0 Å². The number of rotatable bonds is 12. The Hall–Kier alpha value is 0.0569. The summed E-state index contributed by atoms with van der Waals surface area (Å²) in [5.74, 6) is 1.37. The Labute approximate surface area is 121 Å². The first-order valence-corrected chi connectivity index (χ1v) is 9.18. The van der Waals surface area contributed by atoms with E-state index in [1.54, 1.807) is 28.4 Å². The van der Waals surface area contributed by atoms with E-state index in [9.17, 15) is 0 Å². The number of hydrogen-bond donors (Lipinski definition) is 0. The van der Waals surface area contributed by atoms with E-state index in [0.717, 1.165) is 12.8 Å². The van der Waals surface area contributed by atoms with Gasteiger partial charge in [0.1, 0.15) is 0 Å². The molecule has 2 unspecified atom stereocenters. The highest BCUT2D eigenvalue weighted by Gasteiger charge is 2.14. The highest BCUT2D eigenvalue weighted by atomic mass is 28.2. The van der Waals surface area contributed by atoms with Crippen LogP contribution in [0.15, 0.2) is 0 Å². The van der Waals surface area contributed by atoms with Crippen molar-refractivity contribution in [1.82, 2.24) is 0 Å². The molecule has 0 rings (SSSR count). The molecule has 0 aliphatic heterocycles. The van der Waals surface area contributed by atoms with Crippen molar-refractivity contribution in [3.05, 3.63) is 0 Å². The highest BCUT2D eigenvalue weighted by Crippen LogP contribution is 2.18. The fourth-order valence-corrected chi connectivity index (χ4v) is 4.39. The van der Waals surface area contributed by atoms with E-state index in [0.29, 0.717) is 11.8 Å². The molecule has 0 spiro atoms. The number of methoxy groups -OCH3 is 4. The average Bonchev–Trinajstić information content (AvgIpc) is 2.42. The van der Waals surface area contributed by atoms with Crippen molar-refractivity contribution in [3.63, 3.8) is 0 Å². The van der Waals surface area contributed by atoms with E-state index in [2.05, 4.69) is 13.8 Å². The third-order valence-corrected chi connectivity index (χ3v) is 6.42. The average molecular weight is 292 g/mol. The number of ether oxygens (including phenoxy) is 4. The van der Waals surface area contributed by atoms with Gasteiger partial charge in [-0.15, -0.1) is 0 Å². The van der Waals surface area contributed by atoms with Crippen LogP contribution in [0.3, 0.4) is 0 Å². The van der Waals surface area contributed by atoms with Crippen LogP contribution in [0.2, 0.25) is 12.1 Å². The quantitative estimate of drug-likeness (QED) is 0.408. The van der Waals surface area contributed by atoms with E-state index in [1.807, 2.05) is 0 Å². The third kappa shape index (κ3) is 9.57. The van der Waals surface area contributed by atoms with Crippen LogP contribution in [-0.4, -0.2) is 50.5 Å². The van der Waals surface area contributed by atoms with Crippen molar-refractivity contribution >= 4 is 9.52 Å². The Morgan fingerprint density at radius 1 is 0.684 bits per heavy atom. The van der Waals surface area contributed by atoms with Gasteiger partial charge in [-0.25, -0.2) is 0 Å². The molecule has 0 N–H and O–H groups in total. The topological polar surface area (TPSA) is 36.9 Å². The maximum absolute atomic E-state index is 5.24. The fraction of sp³-hybridized carbons (Fsp3) is 1.00.